The molecule has 0 bridgehead atoms. The molecule has 0 heterocycles. The number of esters is 2. The lowest BCUT2D eigenvalue weighted by Crippen LogP contribution is -2.29. The van der Waals surface area contributed by atoms with Crippen molar-refractivity contribution in [3.63, 3.8) is 0 Å². The molecule has 0 rings (SSSR count). The molecular weight excluding hydrogens is 639 g/mol. The molecule has 0 saturated carbocycles. The SMILES string of the molecule is CCCCCCCC/C=C\CCCCCCCCCCCC(=O)OC(COC(=O)CCCCCCCCCCCCC)COP(=O)(O)OC. The summed E-state index contributed by atoms with van der Waals surface area (Å²) in [7, 11) is -3.19. The van der Waals surface area contributed by atoms with Gasteiger partial charge in [0.1, 0.15) is 6.61 Å². The lowest BCUT2D eigenvalue weighted by atomic mass is 10.1. The highest BCUT2D eigenvalue weighted by atomic mass is 31.2. The van der Waals surface area contributed by atoms with E-state index >= 15 is 0 Å². The van der Waals surface area contributed by atoms with Crippen molar-refractivity contribution >= 4 is 19.8 Å². The van der Waals surface area contributed by atoms with E-state index in [1.54, 1.807) is 0 Å². The Morgan fingerprint density at radius 2 is 0.918 bits per heavy atom. The molecule has 1 N–H and O–H groups in total. The van der Waals surface area contributed by atoms with Crippen LogP contribution >= 0.6 is 7.82 Å². The fourth-order valence-corrected chi connectivity index (χ4v) is 6.29. The summed E-state index contributed by atoms with van der Waals surface area (Å²) in [6.07, 6.45) is 38.3. The van der Waals surface area contributed by atoms with E-state index in [2.05, 4.69) is 30.5 Å². The minimum Gasteiger partial charge on any atom is -0.462 e. The third-order valence-electron chi connectivity index (χ3n) is 9.01. The molecule has 0 aromatic carbocycles. The van der Waals surface area contributed by atoms with Gasteiger partial charge in [0.05, 0.1) is 6.61 Å². The Balaban J connectivity index is 3.97. The van der Waals surface area contributed by atoms with Crippen molar-refractivity contribution in [3.05, 3.63) is 12.2 Å². The van der Waals surface area contributed by atoms with Crippen molar-refractivity contribution < 1.29 is 37.6 Å². The Morgan fingerprint density at radius 3 is 1.33 bits per heavy atom. The number of ether oxygens (including phenoxy) is 2. The molecule has 49 heavy (non-hydrogen) atoms. The first kappa shape index (κ1) is 47.8. The fourth-order valence-electron chi connectivity index (χ4n) is 5.83. The van der Waals surface area contributed by atoms with Crippen LogP contribution in [0.5, 0.6) is 0 Å². The predicted molar refractivity (Wildman–Crippen MR) is 203 cm³/mol. The average Bonchev–Trinajstić information content (AvgIpc) is 3.09. The number of phosphoric ester groups is 1. The van der Waals surface area contributed by atoms with E-state index in [9.17, 15) is 19.0 Å². The number of phosphoric acid groups is 1. The summed E-state index contributed by atoms with van der Waals surface area (Å²) >= 11 is 0. The number of hydrogen-bond acceptors (Lipinski definition) is 7. The topological polar surface area (TPSA) is 108 Å². The van der Waals surface area contributed by atoms with Crippen LogP contribution in [0.4, 0.5) is 0 Å². The number of carbonyl (C=O) groups excluding carboxylic acids is 2. The standard InChI is InChI=1S/C40H77O8P/c1-4-6-8-10-12-14-16-17-18-19-20-21-22-23-25-27-29-31-33-35-40(42)48-38(37-47-49(43,44)45-3)36-46-39(41)34-32-30-28-26-24-15-13-11-9-7-5-2/h17-18,38H,4-16,19-37H2,1-3H3,(H,43,44)/b18-17-. The van der Waals surface area contributed by atoms with E-state index in [0.717, 1.165) is 39.2 Å². The second-order valence-electron chi connectivity index (χ2n) is 13.8. The van der Waals surface area contributed by atoms with Gasteiger partial charge in [-0.15, -0.1) is 0 Å². The summed E-state index contributed by atoms with van der Waals surface area (Å²) in [5.41, 5.74) is 0. The third kappa shape index (κ3) is 36.4. The van der Waals surface area contributed by atoms with Crippen LogP contribution in [0, 0.1) is 0 Å². The van der Waals surface area contributed by atoms with E-state index in [1.165, 1.54) is 141 Å². The molecule has 9 heteroatoms. The Bertz CT molecular complexity index is 818. The van der Waals surface area contributed by atoms with Gasteiger partial charge in [0.15, 0.2) is 6.10 Å². The van der Waals surface area contributed by atoms with Crippen molar-refractivity contribution in [3.8, 4) is 0 Å². The molecular formula is C40H77O8P. The Morgan fingerprint density at radius 1 is 0.551 bits per heavy atom. The van der Waals surface area contributed by atoms with Crippen LogP contribution in [0.3, 0.4) is 0 Å². The highest BCUT2D eigenvalue weighted by Gasteiger charge is 2.24. The summed E-state index contributed by atoms with van der Waals surface area (Å²) in [6.45, 7) is 3.88. The zero-order chi connectivity index (χ0) is 36.1. The number of hydrogen-bond donors (Lipinski definition) is 1. The zero-order valence-corrected chi connectivity index (χ0v) is 33.0. The van der Waals surface area contributed by atoms with E-state index in [0.29, 0.717) is 12.8 Å². The van der Waals surface area contributed by atoms with Gasteiger partial charge in [0.2, 0.25) is 0 Å². The van der Waals surface area contributed by atoms with Gasteiger partial charge in [-0.2, -0.15) is 0 Å². The van der Waals surface area contributed by atoms with Crippen LogP contribution in [-0.2, 0) is 32.7 Å². The number of unbranched alkanes of at least 4 members (excludes halogenated alkanes) is 25. The van der Waals surface area contributed by atoms with Gasteiger partial charge in [0.25, 0.3) is 0 Å². The summed E-state index contributed by atoms with van der Waals surface area (Å²) in [5.74, 6) is -0.798. The predicted octanol–water partition coefficient (Wildman–Crippen LogP) is 12.5. The zero-order valence-electron chi connectivity index (χ0n) is 32.1. The maximum absolute atomic E-state index is 12.5. The van der Waals surface area contributed by atoms with Gasteiger partial charge < -0.3 is 14.4 Å². The molecule has 0 aliphatic heterocycles. The lowest BCUT2D eigenvalue weighted by molar-refractivity contribution is -0.161. The first-order valence-electron chi connectivity index (χ1n) is 20.4. The van der Waals surface area contributed by atoms with Gasteiger partial charge in [0, 0.05) is 20.0 Å². The maximum Gasteiger partial charge on any atom is 0.472 e. The van der Waals surface area contributed by atoms with Gasteiger partial charge >= 0.3 is 19.8 Å². The Labute approximate surface area is 301 Å². The molecule has 290 valence electrons. The van der Waals surface area contributed by atoms with Crippen LogP contribution in [-0.4, -0.2) is 43.3 Å². The average molecular weight is 717 g/mol. The highest BCUT2D eigenvalue weighted by molar-refractivity contribution is 7.47. The first-order valence-corrected chi connectivity index (χ1v) is 21.9. The van der Waals surface area contributed by atoms with Crippen LogP contribution in [0.25, 0.3) is 0 Å². The van der Waals surface area contributed by atoms with Crippen LogP contribution in [0.15, 0.2) is 12.2 Å². The van der Waals surface area contributed by atoms with Crippen LogP contribution < -0.4 is 0 Å². The second kappa shape index (κ2) is 36.6. The molecule has 0 saturated heterocycles. The number of carbonyl (C=O) groups is 2. The molecule has 0 aromatic heterocycles. The normalized spacial score (nSPS) is 13.5. The molecule has 8 nitrogen and oxygen atoms in total. The largest absolute Gasteiger partial charge is 0.472 e. The Hall–Kier alpha value is -1.21. The third-order valence-corrected chi connectivity index (χ3v) is 9.95. The summed E-state index contributed by atoms with van der Waals surface area (Å²) in [6, 6.07) is 0. The monoisotopic (exact) mass is 717 g/mol. The summed E-state index contributed by atoms with van der Waals surface area (Å²) < 4.78 is 31.9. The van der Waals surface area contributed by atoms with Gasteiger partial charge in [-0.3, -0.25) is 18.6 Å². The van der Waals surface area contributed by atoms with Crippen molar-refractivity contribution in [2.24, 2.45) is 0 Å². The van der Waals surface area contributed by atoms with Gasteiger partial charge in [-0.05, 0) is 38.5 Å². The number of rotatable bonds is 38. The maximum atomic E-state index is 12.5. The molecule has 0 aliphatic rings. The van der Waals surface area contributed by atoms with Crippen molar-refractivity contribution in [1.29, 1.82) is 0 Å². The van der Waals surface area contributed by atoms with Crippen molar-refractivity contribution in [2.45, 2.75) is 213 Å². The fraction of sp³-hybridized carbons (Fsp3) is 0.900. The minimum absolute atomic E-state index is 0.220. The van der Waals surface area contributed by atoms with Crippen molar-refractivity contribution in [2.75, 3.05) is 20.3 Å². The van der Waals surface area contributed by atoms with Gasteiger partial charge in [-0.1, -0.05) is 167 Å². The molecule has 0 radical (unpaired) electrons. The number of allylic oxidation sites excluding steroid dienone is 2. The van der Waals surface area contributed by atoms with Crippen molar-refractivity contribution in [1.82, 2.24) is 0 Å². The van der Waals surface area contributed by atoms with Crippen LogP contribution in [0.2, 0.25) is 0 Å². The molecule has 0 aliphatic carbocycles. The molecule has 0 spiro atoms. The quantitative estimate of drug-likeness (QED) is 0.0291. The summed E-state index contributed by atoms with van der Waals surface area (Å²) in [5, 5.41) is 0. The molecule has 0 aromatic rings. The first-order chi connectivity index (χ1) is 23.8. The van der Waals surface area contributed by atoms with E-state index < -0.39 is 26.5 Å². The van der Waals surface area contributed by atoms with Gasteiger partial charge in [-0.25, -0.2) is 4.57 Å². The molecule has 0 fully saturated rings. The van der Waals surface area contributed by atoms with E-state index in [1.807, 2.05) is 0 Å². The van der Waals surface area contributed by atoms with E-state index in [4.69, 9.17) is 14.0 Å². The minimum atomic E-state index is -4.25. The second-order valence-corrected chi connectivity index (χ2v) is 15.3. The Kier molecular flexibility index (Phi) is 35.7. The lowest BCUT2D eigenvalue weighted by Gasteiger charge is -2.19. The van der Waals surface area contributed by atoms with Crippen LogP contribution in [0.1, 0.15) is 206 Å². The molecule has 2 atom stereocenters. The smallest absolute Gasteiger partial charge is 0.462 e. The molecule has 0 amide bonds. The summed E-state index contributed by atoms with van der Waals surface area (Å²) in [4.78, 5) is 34.3. The highest BCUT2D eigenvalue weighted by Crippen LogP contribution is 2.42. The molecule has 2 unspecified atom stereocenters. The van der Waals surface area contributed by atoms with E-state index in [-0.39, 0.29) is 19.0 Å².